The second-order valence-electron chi connectivity index (χ2n) is 5.85. The zero-order chi connectivity index (χ0) is 14.7. The average molecular weight is 357 g/mol. The molecule has 2 aliphatic heterocycles. The molecule has 0 saturated carbocycles. The fourth-order valence-electron chi connectivity index (χ4n) is 3.47. The maximum atomic E-state index is 14.0. The van der Waals surface area contributed by atoms with Crippen molar-refractivity contribution < 1.29 is 9.13 Å². The van der Waals surface area contributed by atoms with Gasteiger partial charge in [0.1, 0.15) is 5.82 Å². The highest BCUT2D eigenvalue weighted by Gasteiger charge is 2.31. The molecule has 2 fully saturated rings. The molecule has 1 N–H and O–H groups in total. The molecule has 0 aliphatic carbocycles. The molecule has 2 aliphatic rings. The summed E-state index contributed by atoms with van der Waals surface area (Å²) < 4.78 is 20.0. The van der Waals surface area contributed by atoms with Crippen LogP contribution in [0.1, 0.15) is 24.4 Å². The molecule has 0 spiro atoms. The van der Waals surface area contributed by atoms with Crippen LogP contribution in [-0.2, 0) is 4.74 Å². The first-order valence-corrected chi connectivity index (χ1v) is 8.52. The highest BCUT2D eigenvalue weighted by molar-refractivity contribution is 9.10. The maximum absolute atomic E-state index is 14.0. The van der Waals surface area contributed by atoms with E-state index >= 15 is 0 Å². The molecule has 21 heavy (non-hydrogen) atoms. The molecule has 116 valence electrons. The van der Waals surface area contributed by atoms with Crippen LogP contribution in [0.4, 0.5) is 4.39 Å². The van der Waals surface area contributed by atoms with Crippen LogP contribution in [0.3, 0.4) is 0 Å². The summed E-state index contributed by atoms with van der Waals surface area (Å²) in [6, 6.07) is 5.90. The minimum atomic E-state index is -0.167. The highest BCUT2D eigenvalue weighted by atomic mass is 79.9. The minimum Gasteiger partial charge on any atom is -0.381 e. The third kappa shape index (κ3) is 3.65. The first-order chi connectivity index (χ1) is 10.3. The number of nitrogens with one attached hydrogen (secondary N) is 1. The van der Waals surface area contributed by atoms with E-state index in [9.17, 15) is 4.39 Å². The Bertz CT molecular complexity index is 455. The molecule has 0 radical (unpaired) electrons. The lowest BCUT2D eigenvalue weighted by atomic mass is 9.85. The van der Waals surface area contributed by atoms with E-state index in [2.05, 4.69) is 32.2 Å². The average Bonchev–Trinajstić information content (AvgIpc) is 2.53. The molecule has 2 saturated heterocycles. The number of ether oxygens (including phenoxy) is 1. The molecule has 0 unspecified atom stereocenters. The summed E-state index contributed by atoms with van der Waals surface area (Å²) in [4.78, 5) is 2.51. The first-order valence-electron chi connectivity index (χ1n) is 7.73. The van der Waals surface area contributed by atoms with E-state index in [1.807, 2.05) is 6.07 Å². The Morgan fingerprint density at radius 2 is 1.95 bits per heavy atom. The van der Waals surface area contributed by atoms with Crippen LogP contribution in [0.2, 0.25) is 0 Å². The largest absolute Gasteiger partial charge is 0.381 e. The molecule has 0 aromatic heterocycles. The second-order valence-corrected chi connectivity index (χ2v) is 6.71. The Labute approximate surface area is 134 Å². The van der Waals surface area contributed by atoms with E-state index in [1.54, 1.807) is 6.07 Å². The van der Waals surface area contributed by atoms with Crippen molar-refractivity contribution in [3.8, 4) is 0 Å². The number of piperazine rings is 1. The summed E-state index contributed by atoms with van der Waals surface area (Å²) in [6.07, 6.45) is 2.12. The summed E-state index contributed by atoms with van der Waals surface area (Å²) >= 11 is 3.25. The van der Waals surface area contributed by atoms with E-state index < -0.39 is 0 Å². The van der Waals surface area contributed by atoms with Gasteiger partial charge in [-0.05, 0) is 52.4 Å². The van der Waals surface area contributed by atoms with Crippen molar-refractivity contribution in [2.24, 2.45) is 5.92 Å². The van der Waals surface area contributed by atoms with Crippen molar-refractivity contribution >= 4 is 15.9 Å². The van der Waals surface area contributed by atoms with Gasteiger partial charge in [0.05, 0.1) is 4.47 Å². The van der Waals surface area contributed by atoms with E-state index in [1.165, 1.54) is 0 Å². The zero-order valence-electron chi connectivity index (χ0n) is 12.2. The summed E-state index contributed by atoms with van der Waals surface area (Å²) in [7, 11) is 0. The monoisotopic (exact) mass is 356 g/mol. The number of hydrogen-bond acceptors (Lipinski definition) is 3. The molecule has 3 nitrogen and oxygen atoms in total. The van der Waals surface area contributed by atoms with E-state index in [4.69, 9.17) is 4.74 Å². The van der Waals surface area contributed by atoms with E-state index in [0.717, 1.165) is 57.8 Å². The van der Waals surface area contributed by atoms with Gasteiger partial charge < -0.3 is 10.1 Å². The van der Waals surface area contributed by atoms with Crippen LogP contribution in [0.15, 0.2) is 22.7 Å². The lowest BCUT2D eigenvalue weighted by molar-refractivity contribution is 0.0212. The van der Waals surface area contributed by atoms with Gasteiger partial charge in [-0.3, -0.25) is 4.90 Å². The lowest BCUT2D eigenvalue weighted by Crippen LogP contribution is -2.47. The second kappa shape index (κ2) is 7.18. The summed E-state index contributed by atoms with van der Waals surface area (Å²) in [6.45, 7) is 5.73. The fourth-order valence-corrected chi connectivity index (χ4v) is 3.72. The SMILES string of the molecule is Fc1cc([C@@H](C2CCOCC2)N2CCNCC2)ccc1Br. The molecule has 5 heteroatoms. The third-order valence-corrected chi connectivity index (χ3v) is 5.19. The van der Waals surface area contributed by atoms with Crippen molar-refractivity contribution in [3.63, 3.8) is 0 Å². The highest BCUT2D eigenvalue weighted by Crippen LogP contribution is 2.36. The normalized spacial score (nSPS) is 23.1. The first kappa shape index (κ1) is 15.4. The molecular formula is C16H22BrFN2O. The van der Waals surface area contributed by atoms with Crippen LogP contribution in [-0.4, -0.2) is 44.3 Å². The van der Waals surface area contributed by atoms with Gasteiger partial charge in [-0.25, -0.2) is 4.39 Å². The summed E-state index contributed by atoms with van der Waals surface area (Å²) in [5.74, 6) is 0.386. The van der Waals surface area contributed by atoms with E-state index in [0.29, 0.717) is 16.4 Å². The van der Waals surface area contributed by atoms with Gasteiger partial charge >= 0.3 is 0 Å². The molecule has 1 aromatic rings. The number of halogens is 2. The maximum Gasteiger partial charge on any atom is 0.137 e. The Morgan fingerprint density at radius 3 is 2.62 bits per heavy atom. The number of nitrogens with zero attached hydrogens (tertiary/aromatic N) is 1. The van der Waals surface area contributed by atoms with Crippen molar-refractivity contribution in [1.29, 1.82) is 0 Å². The Morgan fingerprint density at radius 1 is 1.24 bits per heavy atom. The van der Waals surface area contributed by atoms with Crippen molar-refractivity contribution in [3.05, 3.63) is 34.1 Å². The summed E-state index contributed by atoms with van der Waals surface area (Å²) in [5.41, 5.74) is 1.10. The van der Waals surface area contributed by atoms with Gasteiger partial charge in [0.25, 0.3) is 0 Å². The molecular weight excluding hydrogens is 335 g/mol. The fraction of sp³-hybridized carbons (Fsp3) is 0.625. The van der Waals surface area contributed by atoms with Crippen LogP contribution in [0.25, 0.3) is 0 Å². The van der Waals surface area contributed by atoms with Crippen molar-refractivity contribution in [2.75, 3.05) is 39.4 Å². The molecule has 2 heterocycles. The molecule has 1 atom stereocenters. The molecule has 1 aromatic carbocycles. The van der Waals surface area contributed by atoms with Crippen molar-refractivity contribution in [2.45, 2.75) is 18.9 Å². The number of rotatable bonds is 3. The van der Waals surface area contributed by atoms with E-state index in [-0.39, 0.29) is 5.82 Å². The zero-order valence-corrected chi connectivity index (χ0v) is 13.7. The predicted octanol–water partition coefficient (Wildman–Crippen LogP) is 2.96. The smallest absolute Gasteiger partial charge is 0.137 e. The van der Waals surface area contributed by atoms with Crippen LogP contribution in [0, 0.1) is 11.7 Å². The van der Waals surface area contributed by atoms with Gasteiger partial charge in [0.15, 0.2) is 0 Å². The molecule has 0 amide bonds. The number of benzene rings is 1. The Balaban J connectivity index is 1.87. The summed E-state index contributed by atoms with van der Waals surface area (Å²) in [5, 5.41) is 3.40. The Hall–Kier alpha value is -0.490. The quantitative estimate of drug-likeness (QED) is 0.900. The van der Waals surface area contributed by atoms with Gasteiger partial charge in [0.2, 0.25) is 0 Å². The van der Waals surface area contributed by atoms with Gasteiger partial charge in [-0.15, -0.1) is 0 Å². The predicted molar refractivity (Wildman–Crippen MR) is 84.8 cm³/mol. The van der Waals surface area contributed by atoms with Gasteiger partial charge in [-0.2, -0.15) is 0 Å². The van der Waals surface area contributed by atoms with Crippen LogP contribution in [0.5, 0.6) is 0 Å². The third-order valence-electron chi connectivity index (χ3n) is 4.54. The standard InChI is InChI=1S/C16H22BrFN2O/c17-14-2-1-13(11-15(14)18)16(12-3-9-21-10-4-12)20-7-5-19-6-8-20/h1-2,11-12,16,19H,3-10H2/t16-/m1/s1. The number of hydrogen-bond donors (Lipinski definition) is 1. The lowest BCUT2D eigenvalue weighted by Gasteiger charge is -2.41. The van der Waals surface area contributed by atoms with Gasteiger partial charge in [-0.1, -0.05) is 6.07 Å². The van der Waals surface area contributed by atoms with Crippen molar-refractivity contribution in [1.82, 2.24) is 10.2 Å². The van der Waals surface area contributed by atoms with Crippen LogP contribution >= 0.6 is 15.9 Å². The topological polar surface area (TPSA) is 24.5 Å². The minimum absolute atomic E-state index is 0.167. The molecule has 3 rings (SSSR count). The van der Waals surface area contributed by atoms with Gasteiger partial charge in [0, 0.05) is 45.4 Å². The molecule has 0 bridgehead atoms. The van der Waals surface area contributed by atoms with Crippen LogP contribution < -0.4 is 5.32 Å². The Kier molecular flexibility index (Phi) is 5.27.